The molecule has 1 N–H and O–H groups in total. The van der Waals surface area contributed by atoms with Crippen LogP contribution in [-0.2, 0) is 5.41 Å². The van der Waals surface area contributed by atoms with Crippen molar-refractivity contribution in [2.24, 2.45) is 0 Å². The SMILES string of the molecule is COc1cc(C)c(C)c2c1SCCCC21CCNC1. The Morgan fingerprint density at radius 1 is 1.32 bits per heavy atom. The summed E-state index contributed by atoms with van der Waals surface area (Å²) in [6.45, 7) is 6.79. The number of methoxy groups -OCH3 is 1. The molecule has 0 aliphatic carbocycles. The van der Waals surface area contributed by atoms with Gasteiger partial charge in [-0.2, -0.15) is 0 Å². The lowest BCUT2D eigenvalue weighted by Crippen LogP contribution is -2.30. The van der Waals surface area contributed by atoms with Gasteiger partial charge < -0.3 is 10.1 Å². The van der Waals surface area contributed by atoms with Gasteiger partial charge in [-0.3, -0.25) is 0 Å². The smallest absolute Gasteiger partial charge is 0.132 e. The van der Waals surface area contributed by atoms with Gasteiger partial charge in [0.05, 0.1) is 12.0 Å². The maximum absolute atomic E-state index is 5.67. The number of aryl methyl sites for hydroxylation is 1. The molecule has 0 bridgehead atoms. The number of hydrogen-bond donors (Lipinski definition) is 1. The van der Waals surface area contributed by atoms with E-state index < -0.39 is 0 Å². The van der Waals surface area contributed by atoms with E-state index in [0.717, 1.165) is 18.8 Å². The fraction of sp³-hybridized carbons (Fsp3) is 0.625. The predicted molar refractivity (Wildman–Crippen MR) is 81.6 cm³/mol. The Kier molecular flexibility index (Phi) is 3.52. The summed E-state index contributed by atoms with van der Waals surface area (Å²) in [7, 11) is 1.80. The minimum Gasteiger partial charge on any atom is -0.496 e. The van der Waals surface area contributed by atoms with Gasteiger partial charge in [-0.1, -0.05) is 0 Å². The van der Waals surface area contributed by atoms with Crippen LogP contribution in [0.2, 0.25) is 0 Å². The average Bonchev–Trinajstić information content (AvgIpc) is 2.78. The van der Waals surface area contributed by atoms with Gasteiger partial charge in [0.1, 0.15) is 5.75 Å². The first-order valence-electron chi connectivity index (χ1n) is 7.20. The molecule has 1 atom stereocenters. The molecule has 2 heterocycles. The molecule has 2 nitrogen and oxygen atoms in total. The summed E-state index contributed by atoms with van der Waals surface area (Å²) in [6, 6.07) is 2.21. The molecule has 104 valence electrons. The Bertz CT molecular complexity index is 492. The van der Waals surface area contributed by atoms with Gasteiger partial charge in [-0.05, 0) is 68.2 Å². The lowest BCUT2D eigenvalue weighted by Gasteiger charge is -2.32. The highest BCUT2D eigenvalue weighted by Gasteiger charge is 2.40. The molecular formula is C16H23NOS. The Morgan fingerprint density at radius 3 is 2.84 bits per heavy atom. The van der Waals surface area contributed by atoms with E-state index in [4.69, 9.17) is 4.74 Å². The molecule has 0 radical (unpaired) electrons. The van der Waals surface area contributed by atoms with Crippen LogP contribution >= 0.6 is 11.8 Å². The Balaban J connectivity index is 2.25. The molecule has 19 heavy (non-hydrogen) atoms. The molecular weight excluding hydrogens is 254 g/mol. The van der Waals surface area contributed by atoms with Crippen LogP contribution in [0.4, 0.5) is 0 Å². The third kappa shape index (κ3) is 2.07. The number of thioether (sulfide) groups is 1. The molecule has 2 aliphatic rings. The number of nitrogens with one attached hydrogen (secondary N) is 1. The second-order valence-electron chi connectivity index (χ2n) is 5.88. The third-order valence-corrected chi connectivity index (χ3v) is 5.99. The number of hydrogen-bond acceptors (Lipinski definition) is 3. The molecule has 2 aliphatic heterocycles. The van der Waals surface area contributed by atoms with Crippen molar-refractivity contribution in [2.45, 2.75) is 43.4 Å². The summed E-state index contributed by atoms with van der Waals surface area (Å²) in [5.74, 6) is 2.30. The van der Waals surface area contributed by atoms with Crippen LogP contribution in [0.5, 0.6) is 5.75 Å². The highest BCUT2D eigenvalue weighted by atomic mass is 32.2. The largest absolute Gasteiger partial charge is 0.496 e. The van der Waals surface area contributed by atoms with Crippen LogP contribution in [0.25, 0.3) is 0 Å². The van der Waals surface area contributed by atoms with E-state index in [-0.39, 0.29) is 0 Å². The molecule has 0 amide bonds. The number of ether oxygens (including phenoxy) is 1. The van der Waals surface area contributed by atoms with Crippen LogP contribution in [-0.4, -0.2) is 26.0 Å². The Labute approximate surface area is 120 Å². The second kappa shape index (κ2) is 5.02. The van der Waals surface area contributed by atoms with E-state index in [0.29, 0.717) is 5.41 Å². The van der Waals surface area contributed by atoms with Crippen molar-refractivity contribution in [1.82, 2.24) is 5.32 Å². The topological polar surface area (TPSA) is 21.3 Å². The van der Waals surface area contributed by atoms with Crippen molar-refractivity contribution in [3.05, 3.63) is 22.8 Å². The summed E-state index contributed by atoms with van der Waals surface area (Å²) in [5, 5.41) is 3.59. The minimum atomic E-state index is 0.349. The molecule has 1 aromatic carbocycles. The summed E-state index contributed by atoms with van der Waals surface area (Å²) in [5.41, 5.74) is 4.78. The van der Waals surface area contributed by atoms with Gasteiger partial charge in [0.2, 0.25) is 0 Å². The van der Waals surface area contributed by atoms with Crippen molar-refractivity contribution in [3.8, 4) is 5.75 Å². The van der Waals surface area contributed by atoms with E-state index in [1.54, 1.807) is 12.7 Å². The molecule has 1 fully saturated rings. The van der Waals surface area contributed by atoms with Gasteiger partial charge in [0, 0.05) is 12.0 Å². The van der Waals surface area contributed by atoms with Crippen molar-refractivity contribution < 1.29 is 4.74 Å². The fourth-order valence-electron chi connectivity index (χ4n) is 3.67. The number of fused-ring (bicyclic) bond motifs is 2. The Morgan fingerprint density at radius 2 is 2.16 bits per heavy atom. The van der Waals surface area contributed by atoms with Crippen molar-refractivity contribution >= 4 is 11.8 Å². The number of rotatable bonds is 1. The first kappa shape index (κ1) is 13.3. The normalized spacial score (nSPS) is 26.3. The zero-order valence-corrected chi connectivity index (χ0v) is 13.0. The van der Waals surface area contributed by atoms with E-state index >= 15 is 0 Å². The standard InChI is InChI=1S/C16H23NOS/c1-11-9-13(18-3)15-14(12(11)2)16(5-4-8-19-15)6-7-17-10-16/h9,17H,4-8,10H2,1-3H3. The third-order valence-electron chi connectivity index (χ3n) is 4.80. The molecule has 0 aromatic heterocycles. The van der Waals surface area contributed by atoms with Gasteiger partial charge >= 0.3 is 0 Å². The molecule has 3 rings (SSSR count). The lowest BCUT2D eigenvalue weighted by molar-refractivity contribution is 0.388. The zero-order chi connectivity index (χ0) is 13.5. The van der Waals surface area contributed by atoms with Crippen LogP contribution < -0.4 is 10.1 Å². The monoisotopic (exact) mass is 277 g/mol. The van der Waals surface area contributed by atoms with E-state index in [9.17, 15) is 0 Å². The van der Waals surface area contributed by atoms with Crippen LogP contribution in [0.3, 0.4) is 0 Å². The van der Waals surface area contributed by atoms with E-state index in [1.807, 2.05) is 11.8 Å². The van der Waals surface area contributed by atoms with Crippen molar-refractivity contribution in [3.63, 3.8) is 0 Å². The summed E-state index contributed by atoms with van der Waals surface area (Å²) in [4.78, 5) is 1.41. The lowest BCUT2D eigenvalue weighted by atomic mass is 9.73. The average molecular weight is 277 g/mol. The quantitative estimate of drug-likeness (QED) is 0.850. The first-order valence-corrected chi connectivity index (χ1v) is 8.19. The molecule has 1 saturated heterocycles. The maximum Gasteiger partial charge on any atom is 0.132 e. The minimum absolute atomic E-state index is 0.349. The van der Waals surface area contributed by atoms with Crippen molar-refractivity contribution in [2.75, 3.05) is 26.0 Å². The predicted octanol–water partition coefficient (Wildman–Crippen LogP) is 3.43. The fourth-order valence-corrected chi connectivity index (χ4v) is 4.97. The molecule has 0 saturated carbocycles. The van der Waals surface area contributed by atoms with Crippen LogP contribution in [0.15, 0.2) is 11.0 Å². The molecule has 1 unspecified atom stereocenters. The second-order valence-corrected chi connectivity index (χ2v) is 6.99. The zero-order valence-electron chi connectivity index (χ0n) is 12.1. The number of benzene rings is 1. The highest BCUT2D eigenvalue weighted by molar-refractivity contribution is 7.99. The molecule has 1 aromatic rings. The van der Waals surface area contributed by atoms with E-state index in [1.165, 1.54) is 41.0 Å². The highest BCUT2D eigenvalue weighted by Crippen LogP contribution is 2.49. The van der Waals surface area contributed by atoms with Crippen molar-refractivity contribution in [1.29, 1.82) is 0 Å². The Hall–Kier alpha value is -0.670. The van der Waals surface area contributed by atoms with Crippen LogP contribution in [0.1, 0.15) is 36.0 Å². The summed E-state index contributed by atoms with van der Waals surface area (Å²) in [6.07, 6.45) is 3.89. The molecule has 3 heteroatoms. The maximum atomic E-state index is 5.67. The van der Waals surface area contributed by atoms with Gasteiger partial charge in [-0.25, -0.2) is 0 Å². The van der Waals surface area contributed by atoms with Crippen LogP contribution in [0, 0.1) is 13.8 Å². The first-order chi connectivity index (χ1) is 9.18. The van der Waals surface area contributed by atoms with Gasteiger partial charge in [0.15, 0.2) is 0 Å². The van der Waals surface area contributed by atoms with Gasteiger partial charge in [0.25, 0.3) is 0 Å². The molecule has 1 spiro atoms. The summed E-state index contributed by atoms with van der Waals surface area (Å²) >= 11 is 1.99. The summed E-state index contributed by atoms with van der Waals surface area (Å²) < 4.78 is 5.67. The van der Waals surface area contributed by atoms with Gasteiger partial charge in [-0.15, -0.1) is 11.8 Å². The van der Waals surface area contributed by atoms with E-state index in [2.05, 4.69) is 25.2 Å².